The Morgan fingerprint density at radius 1 is 1.23 bits per heavy atom. The molecule has 0 aromatic heterocycles. The molecule has 0 aromatic carbocycles. The van der Waals surface area contributed by atoms with Crippen LogP contribution in [0.3, 0.4) is 0 Å². The van der Waals surface area contributed by atoms with Crippen molar-refractivity contribution in [3.05, 3.63) is 11.6 Å². The van der Waals surface area contributed by atoms with Gasteiger partial charge in [0.1, 0.15) is 12.2 Å². The minimum Gasteiger partial charge on any atom is -0.393 e. The molecule has 0 saturated heterocycles. The molecule has 0 aliphatic heterocycles. The maximum absolute atomic E-state index is 12.4. The third-order valence-electron chi connectivity index (χ3n) is 8.65. The summed E-state index contributed by atoms with van der Waals surface area (Å²) in [5.74, 6) is 0.140. The van der Waals surface area contributed by atoms with Crippen LogP contribution in [0.5, 0.6) is 0 Å². The first-order chi connectivity index (χ1) is 12.2. The molecule has 0 amide bonds. The molecule has 3 fully saturated rings. The van der Waals surface area contributed by atoms with Crippen molar-refractivity contribution in [3.8, 4) is 0 Å². The predicted octanol–water partition coefficient (Wildman–Crippen LogP) is 1.78. The molecule has 144 valence electrons. The lowest BCUT2D eigenvalue weighted by Gasteiger charge is -2.60. The zero-order valence-electron chi connectivity index (χ0n) is 15.7. The van der Waals surface area contributed by atoms with Crippen LogP contribution in [0.2, 0.25) is 0 Å². The quantitative estimate of drug-likeness (QED) is 0.696. The third-order valence-corrected chi connectivity index (χ3v) is 8.65. The van der Waals surface area contributed by atoms with E-state index < -0.39 is 29.5 Å². The van der Waals surface area contributed by atoms with Crippen LogP contribution in [0.4, 0.5) is 0 Å². The molecular weight excluding hydrogens is 332 g/mol. The summed E-state index contributed by atoms with van der Waals surface area (Å²) in [6, 6.07) is 0. The van der Waals surface area contributed by atoms with Gasteiger partial charge in [-0.2, -0.15) is 0 Å². The Morgan fingerprint density at radius 2 is 1.96 bits per heavy atom. The molecule has 0 bridgehead atoms. The Morgan fingerprint density at radius 3 is 2.65 bits per heavy atom. The number of carbonyl (C=O) groups is 2. The zero-order chi connectivity index (χ0) is 18.9. The van der Waals surface area contributed by atoms with Gasteiger partial charge in [-0.25, -0.2) is 0 Å². The van der Waals surface area contributed by atoms with E-state index >= 15 is 0 Å². The molecule has 5 nitrogen and oxygen atoms in total. The number of aliphatic hydroxyl groups is 3. The molecule has 3 N–H and O–H groups in total. The van der Waals surface area contributed by atoms with Crippen LogP contribution in [0.1, 0.15) is 58.8 Å². The van der Waals surface area contributed by atoms with Crippen molar-refractivity contribution in [1.29, 1.82) is 0 Å². The number of hydrogen-bond donors (Lipinski definition) is 3. The van der Waals surface area contributed by atoms with Crippen molar-refractivity contribution in [2.45, 2.75) is 70.5 Å². The van der Waals surface area contributed by atoms with Crippen molar-refractivity contribution < 1.29 is 24.9 Å². The van der Waals surface area contributed by atoms with Gasteiger partial charge in [0, 0.05) is 11.8 Å². The summed E-state index contributed by atoms with van der Waals surface area (Å²) in [5.41, 5.74) is -1.23. The summed E-state index contributed by atoms with van der Waals surface area (Å²) in [5, 5.41) is 31.7. The molecule has 26 heavy (non-hydrogen) atoms. The first-order valence-corrected chi connectivity index (χ1v) is 9.96. The Hall–Kier alpha value is -1.04. The molecule has 0 aromatic rings. The molecule has 4 aliphatic rings. The van der Waals surface area contributed by atoms with Gasteiger partial charge in [-0.05, 0) is 67.8 Å². The number of allylic oxidation sites excluding steroid dienone is 1. The standard InChI is InChI=1S/C21H30O5/c1-19-7-5-13(23)9-12(19)3-4-14-15-6-8-21(26,17(25)11-22)20(15,2)10-16(24)18(14)19/h9,14-16,18,22,24,26H,3-8,10-11H2,1-2H3/t14-,15+,16-,18+,19+,20-,21-/m0/s1. The van der Waals surface area contributed by atoms with Crippen molar-refractivity contribution >= 4 is 11.6 Å². The van der Waals surface area contributed by atoms with E-state index in [0.717, 1.165) is 25.7 Å². The van der Waals surface area contributed by atoms with Gasteiger partial charge < -0.3 is 15.3 Å². The van der Waals surface area contributed by atoms with Crippen LogP contribution in [0.25, 0.3) is 0 Å². The van der Waals surface area contributed by atoms with Crippen molar-refractivity contribution in [2.24, 2.45) is 28.6 Å². The summed E-state index contributed by atoms with van der Waals surface area (Å²) >= 11 is 0. The smallest absolute Gasteiger partial charge is 0.190 e. The summed E-state index contributed by atoms with van der Waals surface area (Å²) in [6.45, 7) is 3.46. The zero-order valence-corrected chi connectivity index (χ0v) is 15.7. The highest BCUT2D eigenvalue weighted by molar-refractivity contribution is 5.91. The molecule has 0 heterocycles. The van der Waals surface area contributed by atoms with Gasteiger partial charge in [0.15, 0.2) is 11.6 Å². The van der Waals surface area contributed by atoms with E-state index in [4.69, 9.17) is 0 Å². The van der Waals surface area contributed by atoms with E-state index in [-0.39, 0.29) is 29.0 Å². The van der Waals surface area contributed by atoms with Gasteiger partial charge in [0.05, 0.1) is 6.10 Å². The van der Waals surface area contributed by atoms with Gasteiger partial charge in [0.2, 0.25) is 0 Å². The number of ketones is 2. The molecule has 5 heteroatoms. The fourth-order valence-corrected chi connectivity index (χ4v) is 7.28. The van der Waals surface area contributed by atoms with E-state index in [9.17, 15) is 24.9 Å². The predicted molar refractivity (Wildman–Crippen MR) is 95.1 cm³/mol. The molecular formula is C21H30O5. The number of carbonyl (C=O) groups excluding carboxylic acids is 2. The number of fused-ring (bicyclic) bond motifs is 5. The SMILES string of the molecule is C[C@]12C[C@H](O)[C@H]3[C@@H](CCC4=CC(=O)CC[C@]43C)[C@H]1CC[C@]2(O)C(=O)CO. The number of hydrogen-bond acceptors (Lipinski definition) is 5. The van der Waals surface area contributed by atoms with E-state index in [2.05, 4.69) is 6.92 Å². The topological polar surface area (TPSA) is 94.8 Å². The first-order valence-electron chi connectivity index (χ1n) is 9.96. The molecule has 3 saturated carbocycles. The van der Waals surface area contributed by atoms with Gasteiger partial charge in [-0.3, -0.25) is 9.59 Å². The summed E-state index contributed by atoms with van der Waals surface area (Å²) in [7, 11) is 0. The van der Waals surface area contributed by atoms with Crippen molar-refractivity contribution in [3.63, 3.8) is 0 Å². The maximum atomic E-state index is 12.4. The van der Waals surface area contributed by atoms with E-state index in [1.165, 1.54) is 5.57 Å². The maximum Gasteiger partial charge on any atom is 0.190 e. The molecule has 0 spiro atoms. The van der Waals surface area contributed by atoms with Gasteiger partial charge in [-0.15, -0.1) is 0 Å². The molecule has 0 unspecified atom stereocenters. The normalized spacial score (nSPS) is 50.5. The largest absolute Gasteiger partial charge is 0.393 e. The van der Waals surface area contributed by atoms with Gasteiger partial charge in [0.25, 0.3) is 0 Å². The number of Topliss-reactive ketones (excluding diaryl/α,β-unsaturated/α-hetero) is 1. The van der Waals surface area contributed by atoms with Crippen molar-refractivity contribution in [1.82, 2.24) is 0 Å². The second-order valence-corrected chi connectivity index (χ2v) is 9.56. The van der Waals surface area contributed by atoms with Crippen LogP contribution in [-0.4, -0.2) is 45.2 Å². The highest BCUT2D eigenvalue weighted by Crippen LogP contribution is 2.67. The average molecular weight is 362 g/mol. The molecule has 7 atom stereocenters. The van der Waals surface area contributed by atoms with Gasteiger partial charge >= 0.3 is 0 Å². The molecule has 4 rings (SSSR count). The lowest BCUT2D eigenvalue weighted by molar-refractivity contribution is -0.182. The Labute approximate surface area is 154 Å². The van der Waals surface area contributed by atoms with Crippen LogP contribution < -0.4 is 0 Å². The van der Waals surface area contributed by atoms with Crippen LogP contribution in [0, 0.1) is 28.6 Å². The van der Waals surface area contributed by atoms with Gasteiger partial charge in [-0.1, -0.05) is 19.4 Å². The van der Waals surface area contributed by atoms with Crippen molar-refractivity contribution in [2.75, 3.05) is 6.61 Å². The first kappa shape index (κ1) is 18.3. The minimum absolute atomic E-state index is 0.0697. The third kappa shape index (κ3) is 2.14. The summed E-state index contributed by atoms with van der Waals surface area (Å²) in [6.07, 6.45) is 5.74. The highest BCUT2D eigenvalue weighted by Gasteiger charge is 2.68. The van der Waals surface area contributed by atoms with Crippen LogP contribution in [-0.2, 0) is 9.59 Å². The second kappa shape index (κ2) is 5.73. The monoisotopic (exact) mass is 362 g/mol. The summed E-state index contributed by atoms with van der Waals surface area (Å²) in [4.78, 5) is 24.3. The second-order valence-electron chi connectivity index (χ2n) is 9.56. The molecule has 4 aliphatic carbocycles. The minimum atomic E-state index is -1.54. The fraction of sp³-hybridized carbons (Fsp3) is 0.810. The lowest BCUT2D eigenvalue weighted by Crippen LogP contribution is -2.62. The Kier molecular flexibility index (Phi) is 4.04. The van der Waals surface area contributed by atoms with E-state index in [1.54, 1.807) is 6.08 Å². The van der Waals surface area contributed by atoms with Crippen LogP contribution in [0.15, 0.2) is 11.6 Å². The number of rotatable bonds is 2. The Balaban J connectivity index is 1.74. The summed E-state index contributed by atoms with van der Waals surface area (Å²) < 4.78 is 0. The fourth-order valence-electron chi connectivity index (χ4n) is 7.28. The highest BCUT2D eigenvalue weighted by atomic mass is 16.3. The van der Waals surface area contributed by atoms with E-state index in [0.29, 0.717) is 19.3 Å². The lowest BCUT2D eigenvalue weighted by atomic mass is 9.45. The Bertz CT molecular complexity index is 684. The van der Waals surface area contributed by atoms with E-state index in [1.807, 2.05) is 6.92 Å². The van der Waals surface area contributed by atoms with Crippen LogP contribution >= 0.6 is 0 Å². The average Bonchev–Trinajstić information content (AvgIpc) is 2.86. The molecule has 0 radical (unpaired) electrons. The number of aliphatic hydroxyl groups excluding tert-OH is 2.